The fraction of sp³-hybridized carbons (Fsp3) is 0.450. The highest BCUT2D eigenvalue weighted by Gasteiger charge is 2.20. The van der Waals surface area contributed by atoms with Gasteiger partial charge in [-0.1, -0.05) is 30.1 Å². The summed E-state index contributed by atoms with van der Waals surface area (Å²) in [5.74, 6) is 1.49. The summed E-state index contributed by atoms with van der Waals surface area (Å²) in [6.07, 6.45) is 4.37. The summed E-state index contributed by atoms with van der Waals surface area (Å²) in [5.41, 5.74) is 2.95. The summed E-state index contributed by atoms with van der Waals surface area (Å²) in [6, 6.07) is 7.38. The molecule has 0 aliphatic heterocycles. The van der Waals surface area contributed by atoms with Crippen LogP contribution in [0.1, 0.15) is 53.1 Å². The lowest BCUT2D eigenvalue weighted by atomic mass is 10.1. The molecule has 0 radical (unpaired) electrons. The number of amides is 2. The lowest BCUT2D eigenvalue weighted by molar-refractivity contribution is -0.113. The molecule has 1 aliphatic rings. The molecule has 3 rings (SSSR count). The number of rotatable bonds is 7. The van der Waals surface area contributed by atoms with Gasteiger partial charge in [0.05, 0.1) is 22.7 Å². The van der Waals surface area contributed by atoms with Crippen molar-refractivity contribution in [1.82, 2.24) is 10.5 Å². The van der Waals surface area contributed by atoms with Gasteiger partial charge in [0.2, 0.25) is 5.91 Å². The van der Waals surface area contributed by atoms with E-state index < -0.39 is 0 Å². The molecular formula is C20H25N3O3S. The summed E-state index contributed by atoms with van der Waals surface area (Å²) < 4.78 is 5.14. The van der Waals surface area contributed by atoms with E-state index in [1.54, 1.807) is 12.1 Å². The van der Waals surface area contributed by atoms with Crippen molar-refractivity contribution in [3.05, 3.63) is 46.8 Å². The van der Waals surface area contributed by atoms with Crippen LogP contribution >= 0.6 is 11.8 Å². The number of anilines is 1. The van der Waals surface area contributed by atoms with E-state index >= 15 is 0 Å². The highest BCUT2D eigenvalue weighted by atomic mass is 32.2. The molecule has 2 amide bonds. The van der Waals surface area contributed by atoms with Crippen molar-refractivity contribution >= 4 is 29.3 Å². The Morgan fingerprint density at radius 3 is 2.67 bits per heavy atom. The minimum absolute atomic E-state index is 0.124. The van der Waals surface area contributed by atoms with Crippen molar-refractivity contribution in [1.29, 1.82) is 0 Å². The molecule has 144 valence electrons. The Bertz CT molecular complexity index is 793. The Morgan fingerprint density at radius 2 is 1.96 bits per heavy atom. The lowest BCUT2D eigenvalue weighted by Crippen LogP contribution is -2.33. The van der Waals surface area contributed by atoms with Crippen molar-refractivity contribution in [2.75, 3.05) is 11.1 Å². The van der Waals surface area contributed by atoms with Crippen LogP contribution in [-0.4, -0.2) is 28.8 Å². The molecule has 2 aromatic rings. The highest BCUT2D eigenvalue weighted by Crippen LogP contribution is 2.22. The number of aromatic nitrogens is 1. The molecule has 1 heterocycles. The Kier molecular flexibility index (Phi) is 6.55. The average molecular weight is 388 g/mol. The second-order valence-corrected chi connectivity index (χ2v) is 7.83. The van der Waals surface area contributed by atoms with Gasteiger partial charge in [-0.3, -0.25) is 9.59 Å². The average Bonchev–Trinajstić information content (AvgIpc) is 3.27. The third-order valence-electron chi connectivity index (χ3n) is 4.80. The van der Waals surface area contributed by atoms with Crippen LogP contribution in [0.3, 0.4) is 0 Å². The maximum Gasteiger partial charge on any atom is 0.253 e. The van der Waals surface area contributed by atoms with E-state index in [1.165, 1.54) is 11.8 Å². The number of nitrogens with one attached hydrogen (secondary N) is 2. The fourth-order valence-electron chi connectivity index (χ4n) is 3.26. The molecule has 7 heteroatoms. The molecule has 2 N–H and O–H groups in total. The Balaban J connectivity index is 1.55. The van der Waals surface area contributed by atoms with Crippen molar-refractivity contribution < 1.29 is 14.1 Å². The second-order valence-electron chi connectivity index (χ2n) is 6.84. The van der Waals surface area contributed by atoms with Gasteiger partial charge in [-0.15, -0.1) is 11.8 Å². The number of carbonyl (C=O) groups is 2. The summed E-state index contributed by atoms with van der Waals surface area (Å²) in [7, 11) is 0. The lowest BCUT2D eigenvalue weighted by Gasteiger charge is -2.15. The molecule has 6 nitrogen and oxygen atoms in total. The van der Waals surface area contributed by atoms with Crippen molar-refractivity contribution in [2.24, 2.45) is 0 Å². The Labute approximate surface area is 163 Å². The number of aryl methyl sites for hydroxylation is 2. The first-order chi connectivity index (χ1) is 13.0. The number of nitrogens with zero attached hydrogens (tertiary/aromatic N) is 1. The van der Waals surface area contributed by atoms with Gasteiger partial charge in [-0.2, -0.15) is 0 Å². The van der Waals surface area contributed by atoms with Crippen LogP contribution in [0.4, 0.5) is 5.69 Å². The normalized spacial score (nSPS) is 14.3. The molecule has 0 bridgehead atoms. The zero-order valence-corrected chi connectivity index (χ0v) is 16.5. The topological polar surface area (TPSA) is 84.2 Å². The Morgan fingerprint density at radius 1 is 1.22 bits per heavy atom. The zero-order chi connectivity index (χ0) is 19.2. The van der Waals surface area contributed by atoms with Gasteiger partial charge < -0.3 is 15.2 Å². The SMILES string of the molecule is Cc1noc(C)c1CSCC(=O)Nc1ccccc1C(=O)NC1CCCC1. The van der Waals surface area contributed by atoms with E-state index in [4.69, 9.17) is 4.52 Å². The minimum Gasteiger partial charge on any atom is -0.361 e. The summed E-state index contributed by atoms with van der Waals surface area (Å²) in [5, 5.41) is 9.86. The Hall–Kier alpha value is -2.28. The van der Waals surface area contributed by atoms with Gasteiger partial charge in [0.15, 0.2) is 0 Å². The van der Waals surface area contributed by atoms with Crippen LogP contribution < -0.4 is 10.6 Å². The van der Waals surface area contributed by atoms with Crippen molar-refractivity contribution in [3.8, 4) is 0 Å². The third kappa shape index (κ3) is 5.13. The molecule has 0 atom stereocenters. The van der Waals surface area contributed by atoms with E-state index in [0.717, 1.165) is 42.7 Å². The van der Waals surface area contributed by atoms with Gasteiger partial charge in [0, 0.05) is 17.4 Å². The summed E-state index contributed by atoms with van der Waals surface area (Å²) in [4.78, 5) is 24.9. The minimum atomic E-state index is -0.132. The molecule has 1 fully saturated rings. The molecule has 0 saturated heterocycles. The van der Waals surface area contributed by atoms with Crippen LogP contribution in [0.15, 0.2) is 28.8 Å². The molecule has 27 heavy (non-hydrogen) atoms. The van der Waals surface area contributed by atoms with Gasteiger partial charge in [-0.05, 0) is 38.8 Å². The standard InChI is InChI=1S/C20H25N3O3S/c1-13-17(14(2)26-23-13)11-27-12-19(24)22-18-10-6-5-9-16(18)20(25)21-15-7-3-4-8-15/h5-6,9-10,15H,3-4,7-8,11-12H2,1-2H3,(H,21,25)(H,22,24). The summed E-state index contributed by atoms with van der Waals surface area (Å²) in [6.45, 7) is 3.76. The van der Waals surface area contributed by atoms with Crippen LogP contribution in [-0.2, 0) is 10.5 Å². The fourth-order valence-corrected chi connectivity index (χ4v) is 4.24. The zero-order valence-electron chi connectivity index (χ0n) is 15.7. The number of hydrogen-bond acceptors (Lipinski definition) is 5. The van der Waals surface area contributed by atoms with E-state index in [9.17, 15) is 9.59 Å². The van der Waals surface area contributed by atoms with Crippen LogP contribution in [0.5, 0.6) is 0 Å². The first-order valence-corrected chi connectivity index (χ1v) is 10.4. The van der Waals surface area contributed by atoms with Crippen LogP contribution in [0.25, 0.3) is 0 Å². The maximum absolute atomic E-state index is 12.6. The molecule has 1 saturated carbocycles. The largest absolute Gasteiger partial charge is 0.361 e. The van der Waals surface area contributed by atoms with E-state index in [-0.39, 0.29) is 17.9 Å². The molecule has 1 aromatic heterocycles. The quantitative estimate of drug-likeness (QED) is 0.754. The number of thioether (sulfide) groups is 1. The predicted molar refractivity (Wildman–Crippen MR) is 107 cm³/mol. The molecule has 1 aliphatic carbocycles. The van der Waals surface area contributed by atoms with E-state index in [0.29, 0.717) is 22.8 Å². The predicted octanol–water partition coefficient (Wildman–Crippen LogP) is 3.84. The molecular weight excluding hydrogens is 362 g/mol. The number of carbonyl (C=O) groups excluding carboxylic acids is 2. The second kappa shape index (κ2) is 9.08. The third-order valence-corrected chi connectivity index (χ3v) is 5.76. The smallest absolute Gasteiger partial charge is 0.253 e. The van der Waals surface area contributed by atoms with Crippen LogP contribution in [0.2, 0.25) is 0 Å². The number of hydrogen-bond donors (Lipinski definition) is 2. The van der Waals surface area contributed by atoms with E-state index in [1.807, 2.05) is 26.0 Å². The summed E-state index contributed by atoms with van der Waals surface area (Å²) >= 11 is 1.49. The molecule has 0 spiro atoms. The van der Waals surface area contributed by atoms with Crippen molar-refractivity contribution in [3.63, 3.8) is 0 Å². The highest BCUT2D eigenvalue weighted by molar-refractivity contribution is 7.99. The first-order valence-electron chi connectivity index (χ1n) is 9.24. The molecule has 1 aromatic carbocycles. The van der Waals surface area contributed by atoms with Gasteiger partial charge in [0.1, 0.15) is 5.76 Å². The van der Waals surface area contributed by atoms with Gasteiger partial charge in [-0.25, -0.2) is 0 Å². The first kappa shape index (κ1) is 19.5. The number of para-hydroxylation sites is 1. The van der Waals surface area contributed by atoms with Gasteiger partial charge in [0.25, 0.3) is 5.91 Å². The van der Waals surface area contributed by atoms with E-state index in [2.05, 4.69) is 15.8 Å². The van der Waals surface area contributed by atoms with Crippen molar-refractivity contribution in [2.45, 2.75) is 51.3 Å². The monoisotopic (exact) mass is 387 g/mol. The number of benzene rings is 1. The van der Waals surface area contributed by atoms with Gasteiger partial charge >= 0.3 is 0 Å². The van der Waals surface area contributed by atoms with Crippen LogP contribution in [0, 0.1) is 13.8 Å². The maximum atomic E-state index is 12.6. The molecule has 0 unspecified atom stereocenters.